The van der Waals surface area contributed by atoms with Crippen LogP contribution in [0.5, 0.6) is 0 Å². The Morgan fingerprint density at radius 1 is 1.32 bits per heavy atom. The fourth-order valence-corrected chi connectivity index (χ4v) is 2.10. The molecule has 1 heterocycles. The molecule has 2 rings (SSSR count). The number of carbonyl (C=O) groups is 1. The number of nitro groups is 1. The average Bonchev–Trinajstić information content (AvgIpc) is 2.76. The predicted octanol–water partition coefficient (Wildman–Crippen LogP) is 2.49. The van der Waals surface area contributed by atoms with Gasteiger partial charge in [0.25, 0.3) is 5.69 Å². The molecule has 1 aromatic carbocycles. The molecule has 8 nitrogen and oxygen atoms in total. The minimum atomic E-state index is -1.19. The molecular formula is C14H16N4O4. The van der Waals surface area contributed by atoms with Crippen molar-refractivity contribution < 1.29 is 14.8 Å². The smallest absolute Gasteiger partial charge is 0.341 e. The Kier molecular flexibility index (Phi) is 3.62. The first-order valence-corrected chi connectivity index (χ1v) is 6.50. The Hall–Kier alpha value is -2.90. The third kappa shape index (κ3) is 2.62. The lowest BCUT2D eigenvalue weighted by molar-refractivity contribution is -0.384. The monoisotopic (exact) mass is 304 g/mol. The number of nitrogens with two attached hydrogens (primary N) is 1. The van der Waals surface area contributed by atoms with Crippen LogP contribution in [0.2, 0.25) is 0 Å². The van der Waals surface area contributed by atoms with Gasteiger partial charge < -0.3 is 10.8 Å². The minimum absolute atomic E-state index is 0.0494. The van der Waals surface area contributed by atoms with Gasteiger partial charge >= 0.3 is 5.97 Å². The molecule has 3 N–H and O–H groups in total. The fourth-order valence-electron chi connectivity index (χ4n) is 2.10. The Balaban J connectivity index is 2.64. The molecule has 0 fully saturated rings. The highest BCUT2D eigenvalue weighted by Crippen LogP contribution is 2.31. The number of anilines is 1. The van der Waals surface area contributed by atoms with E-state index in [1.165, 1.54) is 28.9 Å². The van der Waals surface area contributed by atoms with Crippen molar-refractivity contribution in [2.75, 3.05) is 5.73 Å². The molecule has 8 heteroatoms. The second-order valence-corrected chi connectivity index (χ2v) is 5.80. The maximum absolute atomic E-state index is 11.5. The van der Waals surface area contributed by atoms with Gasteiger partial charge in [-0.2, -0.15) is 5.10 Å². The van der Waals surface area contributed by atoms with Gasteiger partial charge in [-0.05, 0) is 32.9 Å². The van der Waals surface area contributed by atoms with Crippen LogP contribution in [-0.4, -0.2) is 25.8 Å². The lowest BCUT2D eigenvalue weighted by atomic mass is 10.1. The van der Waals surface area contributed by atoms with Crippen LogP contribution in [0.4, 0.5) is 11.5 Å². The molecule has 116 valence electrons. The summed E-state index contributed by atoms with van der Waals surface area (Å²) in [5.41, 5.74) is 5.88. The molecule has 0 amide bonds. The molecule has 0 atom stereocenters. The van der Waals surface area contributed by atoms with Gasteiger partial charge in [-0.3, -0.25) is 10.1 Å². The van der Waals surface area contributed by atoms with Crippen molar-refractivity contribution in [2.45, 2.75) is 26.3 Å². The number of carboxylic acid groups (broad SMARTS) is 1. The van der Waals surface area contributed by atoms with Crippen molar-refractivity contribution in [1.29, 1.82) is 0 Å². The standard InChI is InChI=1S/C14H16N4O4/c1-14(2,3)17-12(15)10(13(19)20)11(16-17)8-4-6-9(7-5-8)18(21)22/h4-7H,15H2,1-3H3,(H,19,20). The second-order valence-electron chi connectivity index (χ2n) is 5.80. The summed E-state index contributed by atoms with van der Waals surface area (Å²) in [5, 5.41) is 24.4. The van der Waals surface area contributed by atoms with Gasteiger partial charge in [-0.25, -0.2) is 9.48 Å². The Bertz CT molecular complexity index is 741. The largest absolute Gasteiger partial charge is 0.477 e. The van der Waals surface area contributed by atoms with E-state index in [1.54, 1.807) is 0 Å². The Morgan fingerprint density at radius 3 is 2.27 bits per heavy atom. The normalized spacial score (nSPS) is 11.4. The number of aromatic nitrogens is 2. The zero-order valence-corrected chi connectivity index (χ0v) is 12.4. The number of rotatable bonds is 3. The van der Waals surface area contributed by atoms with Gasteiger partial charge in [0.05, 0.1) is 10.5 Å². The van der Waals surface area contributed by atoms with Gasteiger partial charge in [0, 0.05) is 17.7 Å². The number of hydrogen-bond acceptors (Lipinski definition) is 5. The molecule has 0 aliphatic carbocycles. The van der Waals surface area contributed by atoms with Crippen LogP contribution < -0.4 is 5.73 Å². The molecule has 0 aliphatic heterocycles. The number of carboxylic acids is 1. The summed E-state index contributed by atoms with van der Waals surface area (Å²) in [6.45, 7) is 5.55. The van der Waals surface area contributed by atoms with Gasteiger partial charge in [0.15, 0.2) is 0 Å². The summed E-state index contributed by atoms with van der Waals surface area (Å²) in [6, 6.07) is 5.51. The number of nitrogens with zero attached hydrogens (tertiary/aromatic N) is 3. The summed E-state index contributed by atoms with van der Waals surface area (Å²) in [5.74, 6) is -1.14. The maximum Gasteiger partial charge on any atom is 0.341 e. The van der Waals surface area contributed by atoms with Crippen LogP contribution in [0.3, 0.4) is 0 Å². The quantitative estimate of drug-likeness (QED) is 0.663. The maximum atomic E-state index is 11.5. The fraction of sp³-hybridized carbons (Fsp3) is 0.286. The number of nitro benzene ring substituents is 1. The lowest BCUT2D eigenvalue weighted by Crippen LogP contribution is -2.25. The van der Waals surface area contributed by atoms with E-state index in [4.69, 9.17) is 5.73 Å². The Morgan fingerprint density at radius 2 is 1.86 bits per heavy atom. The van der Waals surface area contributed by atoms with E-state index in [1.807, 2.05) is 20.8 Å². The van der Waals surface area contributed by atoms with E-state index in [2.05, 4.69) is 5.10 Å². The van der Waals surface area contributed by atoms with E-state index in [9.17, 15) is 20.0 Å². The van der Waals surface area contributed by atoms with Gasteiger partial charge in [0.1, 0.15) is 17.1 Å². The van der Waals surface area contributed by atoms with Crippen LogP contribution in [0.15, 0.2) is 24.3 Å². The molecule has 22 heavy (non-hydrogen) atoms. The molecule has 0 spiro atoms. The van der Waals surface area contributed by atoms with E-state index in [0.717, 1.165) is 0 Å². The molecular weight excluding hydrogens is 288 g/mol. The van der Waals surface area contributed by atoms with Crippen molar-refractivity contribution in [3.63, 3.8) is 0 Å². The number of nitrogen functional groups attached to an aromatic ring is 1. The third-order valence-corrected chi connectivity index (χ3v) is 3.12. The van der Waals surface area contributed by atoms with Crippen molar-refractivity contribution in [3.8, 4) is 11.3 Å². The predicted molar refractivity (Wildman–Crippen MR) is 80.7 cm³/mol. The highest BCUT2D eigenvalue weighted by atomic mass is 16.6. The number of non-ortho nitro benzene ring substituents is 1. The van der Waals surface area contributed by atoms with Gasteiger partial charge in [0.2, 0.25) is 0 Å². The van der Waals surface area contributed by atoms with Crippen molar-refractivity contribution >= 4 is 17.5 Å². The van der Waals surface area contributed by atoms with E-state index in [0.29, 0.717) is 5.56 Å². The van der Waals surface area contributed by atoms with Crippen molar-refractivity contribution in [3.05, 3.63) is 39.9 Å². The summed E-state index contributed by atoms with van der Waals surface area (Å²) < 4.78 is 1.44. The first-order chi connectivity index (χ1) is 10.1. The van der Waals surface area contributed by atoms with Crippen LogP contribution >= 0.6 is 0 Å². The third-order valence-electron chi connectivity index (χ3n) is 3.12. The SMILES string of the molecule is CC(C)(C)n1nc(-c2ccc([N+](=O)[O-])cc2)c(C(=O)O)c1N. The highest BCUT2D eigenvalue weighted by Gasteiger charge is 2.27. The summed E-state index contributed by atoms with van der Waals surface area (Å²) in [6.07, 6.45) is 0. The average molecular weight is 304 g/mol. The van der Waals surface area contributed by atoms with E-state index >= 15 is 0 Å². The number of hydrogen-bond donors (Lipinski definition) is 2. The van der Waals surface area contributed by atoms with Crippen LogP contribution in [0.25, 0.3) is 11.3 Å². The van der Waals surface area contributed by atoms with Crippen LogP contribution in [0.1, 0.15) is 31.1 Å². The summed E-state index contributed by atoms with van der Waals surface area (Å²) in [7, 11) is 0. The molecule has 0 radical (unpaired) electrons. The molecule has 0 saturated carbocycles. The van der Waals surface area contributed by atoms with E-state index in [-0.39, 0.29) is 22.8 Å². The van der Waals surface area contributed by atoms with Crippen LogP contribution in [0, 0.1) is 10.1 Å². The first kappa shape index (κ1) is 15.5. The molecule has 0 bridgehead atoms. The topological polar surface area (TPSA) is 124 Å². The summed E-state index contributed by atoms with van der Waals surface area (Å²) >= 11 is 0. The molecule has 0 aliphatic rings. The molecule has 0 saturated heterocycles. The summed E-state index contributed by atoms with van der Waals surface area (Å²) in [4.78, 5) is 21.7. The Labute approximate surface area is 126 Å². The first-order valence-electron chi connectivity index (χ1n) is 6.50. The molecule has 1 aromatic heterocycles. The molecule has 0 unspecified atom stereocenters. The van der Waals surface area contributed by atoms with Crippen LogP contribution in [-0.2, 0) is 5.54 Å². The van der Waals surface area contributed by atoms with Gasteiger partial charge in [-0.1, -0.05) is 0 Å². The van der Waals surface area contributed by atoms with Gasteiger partial charge in [-0.15, -0.1) is 0 Å². The zero-order valence-electron chi connectivity index (χ0n) is 12.4. The van der Waals surface area contributed by atoms with Crippen molar-refractivity contribution in [1.82, 2.24) is 9.78 Å². The number of benzene rings is 1. The van der Waals surface area contributed by atoms with E-state index < -0.39 is 16.4 Å². The second kappa shape index (κ2) is 5.14. The number of aromatic carboxylic acids is 1. The molecule has 2 aromatic rings. The lowest BCUT2D eigenvalue weighted by Gasteiger charge is -2.20. The zero-order chi connectivity index (χ0) is 16.7. The minimum Gasteiger partial charge on any atom is -0.477 e. The van der Waals surface area contributed by atoms with Crippen molar-refractivity contribution in [2.24, 2.45) is 0 Å². The highest BCUT2D eigenvalue weighted by molar-refractivity contribution is 5.99.